The Morgan fingerprint density at radius 3 is 2.11 bits per heavy atom. The zero-order valence-electron chi connectivity index (χ0n) is 17.1. The lowest BCUT2D eigenvalue weighted by atomic mass is 10.1. The molecule has 0 aliphatic rings. The van der Waals surface area contributed by atoms with Crippen LogP contribution in [0.2, 0.25) is 0 Å². The number of imidazole rings is 1. The molecule has 5 nitrogen and oxygen atoms in total. The maximum atomic E-state index is 4.22. The highest BCUT2D eigenvalue weighted by Gasteiger charge is 2.02. The summed E-state index contributed by atoms with van der Waals surface area (Å²) < 4.78 is 0. The van der Waals surface area contributed by atoms with Crippen LogP contribution in [0, 0.1) is 0 Å². The first kappa shape index (κ1) is 21.6. The van der Waals surface area contributed by atoms with Crippen molar-refractivity contribution in [2.24, 2.45) is 0 Å². The number of nitrogens with zero attached hydrogens (tertiary/aromatic N) is 2. The van der Waals surface area contributed by atoms with Crippen LogP contribution in [0.4, 0.5) is 0 Å². The van der Waals surface area contributed by atoms with Crippen LogP contribution < -0.4 is 10.6 Å². The highest BCUT2D eigenvalue weighted by Crippen LogP contribution is 2.05. The fourth-order valence-electron chi connectivity index (χ4n) is 3.28. The molecule has 1 aromatic heterocycles. The average Bonchev–Trinajstić information content (AvgIpc) is 3.19. The van der Waals surface area contributed by atoms with Gasteiger partial charge in [-0.15, -0.1) is 0 Å². The van der Waals surface area contributed by atoms with Crippen LogP contribution >= 0.6 is 0 Å². The van der Waals surface area contributed by atoms with Crippen LogP contribution in [0.3, 0.4) is 0 Å². The number of aromatic nitrogens is 2. The molecule has 0 atom stereocenters. The van der Waals surface area contributed by atoms with Gasteiger partial charge in [0.1, 0.15) is 5.82 Å². The van der Waals surface area contributed by atoms with Gasteiger partial charge in [0.15, 0.2) is 0 Å². The van der Waals surface area contributed by atoms with Crippen molar-refractivity contribution < 1.29 is 0 Å². The second-order valence-electron chi connectivity index (χ2n) is 7.18. The summed E-state index contributed by atoms with van der Waals surface area (Å²) in [5.74, 6) is 0.975. The summed E-state index contributed by atoms with van der Waals surface area (Å²) in [6.45, 7) is 11.9. The van der Waals surface area contributed by atoms with Crippen LogP contribution in [0.25, 0.3) is 0 Å². The summed E-state index contributed by atoms with van der Waals surface area (Å²) in [6.07, 6.45) is 8.68. The molecule has 2 aromatic rings. The molecule has 0 aliphatic carbocycles. The lowest BCUT2D eigenvalue weighted by Crippen LogP contribution is -2.27. The van der Waals surface area contributed by atoms with Crippen LogP contribution in [0.1, 0.15) is 56.5 Å². The Morgan fingerprint density at radius 2 is 1.52 bits per heavy atom. The second kappa shape index (κ2) is 13.5. The Labute approximate surface area is 165 Å². The third-order valence-electron chi connectivity index (χ3n) is 4.69. The van der Waals surface area contributed by atoms with Gasteiger partial charge in [-0.2, -0.15) is 0 Å². The molecule has 0 saturated heterocycles. The minimum Gasteiger partial charge on any atom is -0.348 e. The molecular formula is C22H37N5. The molecule has 0 aliphatic heterocycles. The van der Waals surface area contributed by atoms with Crippen molar-refractivity contribution >= 4 is 0 Å². The molecule has 27 heavy (non-hydrogen) atoms. The highest BCUT2D eigenvalue weighted by molar-refractivity contribution is 5.22. The Morgan fingerprint density at radius 1 is 0.852 bits per heavy atom. The number of nitrogens with one attached hydrogen (secondary N) is 3. The molecule has 0 fully saturated rings. The van der Waals surface area contributed by atoms with Gasteiger partial charge in [-0.05, 0) is 63.0 Å². The Bertz CT molecular complexity index is 573. The Balaban J connectivity index is 1.54. The predicted molar refractivity (Wildman–Crippen MR) is 114 cm³/mol. The minimum absolute atomic E-state index is 0.768. The average molecular weight is 372 g/mol. The SMILES string of the molecule is CCCN(CCC)CCCCNCc1ccc(CNCc2ncc[nH]2)cc1. The van der Waals surface area contributed by atoms with Crippen molar-refractivity contribution in [3.8, 4) is 0 Å². The fourth-order valence-corrected chi connectivity index (χ4v) is 3.28. The largest absolute Gasteiger partial charge is 0.348 e. The van der Waals surface area contributed by atoms with E-state index in [9.17, 15) is 0 Å². The summed E-state index contributed by atoms with van der Waals surface area (Å²) in [6, 6.07) is 8.86. The Hall–Kier alpha value is -1.69. The lowest BCUT2D eigenvalue weighted by molar-refractivity contribution is 0.268. The summed E-state index contributed by atoms with van der Waals surface area (Å²) in [7, 11) is 0. The first-order valence-corrected chi connectivity index (χ1v) is 10.5. The van der Waals surface area contributed by atoms with Gasteiger partial charge in [0.2, 0.25) is 0 Å². The zero-order valence-corrected chi connectivity index (χ0v) is 17.1. The van der Waals surface area contributed by atoms with Gasteiger partial charge in [-0.1, -0.05) is 38.1 Å². The standard InChI is InChI=1S/C22H37N5/c1-3-14-27(15-4-2)16-6-5-11-23-17-20-7-9-21(10-8-20)18-24-19-22-25-12-13-26-22/h7-10,12-13,23-24H,3-6,11,14-19H2,1-2H3,(H,25,26). The van der Waals surface area contributed by atoms with Gasteiger partial charge in [0, 0.05) is 25.5 Å². The number of H-pyrrole nitrogens is 1. The van der Waals surface area contributed by atoms with Gasteiger partial charge in [-0.3, -0.25) is 0 Å². The van der Waals surface area contributed by atoms with Crippen molar-refractivity contribution in [3.63, 3.8) is 0 Å². The molecule has 0 saturated carbocycles. The predicted octanol–water partition coefficient (Wildman–Crippen LogP) is 3.69. The first-order valence-electron chi connectivity index (χ1n) is 10.5. The molecule has 2 rings (SSSR count). The number of hydrogen-bond donors (Lipinski definition) is 3. The fraction of sp³-hybridized carbons (Fsp3) is 0.591. The van der Waals surface area contributed by atoms with Crippen molar-refractivity contribution in [1.29, 1.82) is 0 Å². The van der Waals surface area contributed by atoms with E-state index in [1.807, 2.05) is 6.20 Å². The highest BCUT2D eigenvalue weighted by atomic mass is 15.1. The number of benzene rings is 1. The summed E-state index contributed by atoms with van der Waals surface area (Å²) in [5, 5.41) is 6.98. The molecule has 1 aromatic carbocycles. The van der Waals surface area contributed by atoms with E-state index < -0.39 is 0 Å². The summed E-state index contributed by atoms with van der Waals surface area (Å²) in [5.41, 5.74) is 2.65. The maximum Gasteiger partial charge on any atom is 0.120 e. The number of aromatic amines is 1. The van der Waals surface area contributed by atoms with E-state index >= 15 is 0 Å². The molecule has 3 N–H and O–H groups in total. The van der Waals surface area contributed by atoms with E-state index in [0.717, 1.165) is 32.0 Å². The minimum atomic E-state index is 0.768. The molecule has 1 heterocycles. The topological polar surface area (TPSA) is 56.0 Å². The molecule has 0 spiro atoms. The summed E-state index contributed by atoms with van der Waals surface area (Å²) in [4.78, 5) is 9.92. The zero-order chi connectivity index (χ0) is 19.2. The van der Waals surface area contributed by atoms with E-state index in [0.29, 0.717) is 0 Å². The monoisotopic (exact) mass is 371 g/mol. The van der Waals surface area contributed by atoms with E-state index in [2.05, 4.69) is 63.6 Å². The van der Waals surface area contributed by atoms with E-state index in [4.69, 9.17) is 0 Å². The maximum absolute atomic E-state index is 4.22. The quantitative estimate of drug-likeness (QED) is 0.418. The van der Waals surface area contributed by atoms with Crippen LogP contribution in [-0.2, 0) is 19.6 Å². The van der Waals surface area contributed by atoms with E-state index in [-0.39, 0.29) is 0 Å². The van der Waals surface area contributed by atoms with Crippen molar-refractivity contribution in [3.05, 3.63) is 53.6 Å². The summed E-state index contributed by atoms with van der Waals surface area (Å²) >= 11 is 0. The number of unbranched alkanes of at least 4 members (excludes halogenated alkanes) is 1. The van der Waals surface area contributed by atoms with Gasteiger partial charge in [0.05, 0.1) is 6.54 Å². The van der Waals surface area contributed by atoms with E-state index in [1.54, 1.807) is 6.20 Å². The first-order chi connectivity index (χ1) is 13.3. The van der Waals surface area contributed by atoms with Gasteiger partial charge < -0.3 is 20.5 Å². The third-order valence-corrected chi connectivity index (χ3v) is 4.69. The third kappa shape index (κ3) is 9.18. The van der Waals surface area contributed by atoms with Crippen LogP contribution in [0.5, 0.6) is 0 Å². The smallest absolute Gasteiger partial charge is 0.120 e. The van der Waals surface area contributed by atoms with Crippen LogP contribution in [0.15, 0.2) is 36.7 Å². The molecule has 0 amide bonds. The molecular weight excluding hydrogens is 334 g/mol. The normalized spacial score (nSPS) is 11.4. The molecule has 0 bridgehead atoms. The molecule has 150 valence electrons. The van der Waals surface area contributed by atoms with Crippen LogP contribution in [-0.4, -0.2) is 41.0 Å². The van der Waals surface area contributed by atoms with Crippen molar-refractivity contribution in [2.75, 3.05) is 26.2 Å². The number of hydrogen-bond acceptors (Lipinski definition) is 4. The second-order valence-corrected chi connectivity index (χ2v) is 7.18. The van der Waals surface area contributed by atoms with E-state index in [1.165, 1.54) is 56.4 Å². The molecule has 0 radical (unpaired) electrons. The molecule has 0 unspecified atom stereocenters. The lowest BCUT2D eigenvalue weighted by Gasteiger charge is -2.20. The van der Waals surface area contributed by atoms with Crippen molar-refractivity contribution in [2.45, 2.75) is 59.2 Å². The van der Waals surface area contributed by atoms with Gasteiger partial charge >= 0.3 is 0 Å². The molecule has 5 heteroatoms. The van der Waals surface area contributed by atoms with Gasteiger partial charge in [-0.25, -0.2) is 4.98 Å². The van der Waals surface area contributed by atoms with Gasteiger partial charge in [0.25, 0.3) is 0 Å². The van der Waals surface area contributed by atoms with Crippen molar-refractivity contribution in [1.82, 2.24) is 25.5 Å². The number of rotatable bonds is 15. The Kier molecular flexibility index (Phi) is 10.8.